The van der Waals surface area contributed by atoms with Crippen LogP contribution in [-0.4, -0.2) is 22.8 Å². The number of rotatable bonds is 4. The monoisotopic (exact) mass is 308 g/mol. The fourth-order valence-electron chi connectivity index (χ4n) is 1.47. The minimum atomic E-state index is -0.368. The molecule has 0 saturated carbocycles. The van der Waals surface area contributed by atoms with Crippen molar-refractivity contribution >= 4 is 21.9 Å². The van der Waals surface area contributed by atoms with Gasteiger partial charge in [0.1, 0.15) is 5.69 Å². The fraction of sp³-hybridized carbons (Fsp3) is 0.231. The first kappa shape index (κ1) is 12.8. The van der Waals surface area contributed by atoms with Crippen molar-refractivity contribution in [2.45, 2.75) is 13.3 Å². The van der Waals surface area contributed by atoms with Crippen molar-refractivity contribution in [2.75, 3.05) is 6.61 Å². The third kappa shape index (κ3) is 2.98. The lowest BCUT2D eigenvalue weighted by molar-refractivity contribution is 0.0498. The Kier molecular flexibility index (Phi) is 4.15. The van der Waals surface area contributed by atoms with Crippen molar-refractivity contribution in [3.8, 4) is 11.3 Å². The number of carbonyl (C=O) groups is 1. The number of carbonyl (C=O) groups excluding carboxylic acids is 1. The van der Waals surface area contributed by atoms with Crippen molar-refractivity contribution in [3.63, 3.8) is 0 Å². The largest absolute Gasteiger partial charge is 0.461 e. The van der Waals surface area contributed by atoms with Gasteiger partial charge in [0.2, 0.25) is 0 Å². The number of benzene rings is 1. The minimum absolute atomic E-state index is 0.368. The lowest BCUT2D eigenvalue weighted by Crippen LogP contribution is -2.06. The van der Waals surface area contributed by atoms with Gasteiger partial charge < -0.3 is 4.74 Å². The number of nitrogens with zero attached hydrogens (tertiary/aromatic N) is 1. The zero-order valence-electron chi connectivity index (χ0n) is 9.94. The molecule has 0 aliphatic heterocycles. The highest BCUT2D eigenvalue weighted by Gasteiger charge is 2.11. The van der Waals surface area contributed by atoms with Crippen LogP contribution in [0.15, 0.2) is 34.8 Å². The second-order valence-electron chi connectivity index (χ2n) is 3.81. The zero-order chi connectivity index (χ0) is 13.0. The lowest BCUT2D eigenvalue weighted by Gasteiger charge is -1.98. The Labute approximate surface area is 113 Å². The standard InChI is InChI=1S/C13H13BrN2O2/c1-2-7-18-13(17)12-8-11(15-16-12)9-3-5-10(14)6-4-9/h3-6,8H,2,7H2,1H3,(H,15,16). The molecule has 0 spiro atoms. The average molecular weight is 309 g/mol. The van der Waals surface area contributed by atoms with Gasteiger partial charge in [0.15, 0.2) is 0 Å². The Morgan fingerprint density at radius 3 is 2.78 bits per heavy atom. The van der Waals surface area contributed by atoms with E-state index in [-0.39, 0.29) is 5.97 Å². The Balaban J connectivity index is 2.15. The summed E-state index contributed by atoms with van der Waals surface area (Å²) in [5.74, 6) is -0.368. The Morgan fingerprint density at radius 2 is 2.11 bits per heavy atom. The predicted molar refractivity (Wildman–Crippen MR) is 72.3 cm³/mol. The summed E-state index contributed by atoms with van der Waals surface area (Å²) in [5.41, 5.74) is 2.05. The van der Waals surface area contributed by atoms with Gasteiger partial charge in [-0.25, -0.2) is 4.79 Å². The SMILES string of the molecule is CCCOC(=O)c1cc(-c2ccc(Br)cc2)n[nH]1. The van der Waals surface area contributed by atoms with Gasteiger partial charge in [-0.3, -0.25) is 5.10 Å². The molecule has 2 aromatic rings. The maximum atomic E-state index is 11.6. The topological polar surface area (TPSA) is 55.0 Å². The highest BCUT2D eigenvalue weighted by atomic mass is 79.9. The molecule has 0 saturated heterocycles. The van der Waals surface area contributed by atoms with E-state index >= 15 is 0 Å². The lowest BCUT2D eigenvalue weighted by atomic mass is 10.1. The molecule has 4 nitrogen and oxygen atoms in total. The summed E-state index contributed by atoms with van der Waals surface area (Å²) in [6, 6.07) is 9.42. The van der Waals surface area contributed by atoms with Gasteiger partial charge in [0.05, 0.1) is 12.3 Å². The first-order valence-corrected chi connectivity index (χ1v) is 6.48. The molecule has 0 amide bonds. The average Bonchev–Trinajstić information content (AvgIpc) is 2.86. The summed E-state index contributed by atoms with van der Waals surface area (Å²) >= 11 is 3.37. The van der Waals surface area contributed by atoms with E-state index in [0.717, 1.165) is 22.2 Å². The van der Waals surface area contributed by atoms with E-state index < -0.39 is 0 Å². The van der Waals surface area contributed by atoms with Gasteiger partial charge >= 0.3 is 5.97 Å². The van der Waals surface area contributed by atoms with Crippen LogP contribution in [-0.2, 0) is 4.74 Å². The number of aromatic nitrogens is 2. The molecule has 1 aromatic heterocycles. The number of hydrogen-bond donors (Lipinski definition) is 1. The molecular weight excluding hydrogens is 296 g/mol. The molecule has 0 radical (unpaired) electrons. The fourth-order valence-corrected chi connectivity index (χ4v) is 1.73. The molecule has 0 fully saturated rings. The molecule has 1 N–H and O–H groups in total. The van der Waals surface area contributed by atoms with Crippen LogP contribution >= 0.6 is 15.9 Å². The van der Waals surface area contributed by atoms with E-state index in [1.54, 1.807) is 6.07 Å². The highest BCUT2D eigenvalue weighted by molar-refractivity contribution is 9.10. The van der Waals surface area contributed by atoms with Crippen molar-refractivity contribution in [3.05, 3.63) is 40.5 Å². The van der Waals surface area contributed by atoms with Crippen LogP contribution in [0.4, 0.5) is 0 Å². The minimum Gasteiger partial charge on any atom is -0.461 e. The molecule has 0 aliphatic rings. The van der Waals surface area contributed by atoms with Crippen molar-refractivity contribution < 1.29 is 9.53 Å². The molecule has 0 atom stereocenters. The van der Waals surface area contributed by atoms with E-state index in [0.29, 0.717) is 12.3 Å². The molecule has 1 aromatic carbocycles. The zero-order valence-corrected chi connectivity index (χ0v) is 11.5. The van der Waals surface area contributed by atoms with E-state index in [4.69, 9.17) is 4.74 Å². The molecule has 94 valence electrons. The van der Waals surface area contributed by atoms with Crippen LogP contribution < -0.4 is 0 Å². The number of nitrogens with one attached hydrogen (secondary N) is 1. The number of halogens is 1. The summed E-state index contributed by atoms with van der Waals surface area (Å²) in [5, 5.41) is 6.80. The van der Waals surface area contributed by atoms with E-state index in [1.165, 1.54) is 0 Å². The summed E-state index contributed by atoms with van der Waals surface area (Å²) in [6.07, 6.45) is 0.805. The van der Waals surface area contributed by atoms with Gasteiger partial charge in [-0.15, -0.1) is 0 Å². The Bertz CT molecular complexity index is 534. The third-order valence-electron chi connectivity index (χ3n) is 2.38. The summed E-state index contributed by atoms with van der Waals surface area (Å²) < 4.78 is 6.03. The van der Waals surface area contributed by atoms with Gasteiger partial charge in [0.25, 0.3) is 0 Å². The number of hydrogen-bond acceptors (Lipinski definition) is 3. The second kappa shape index (κ2) is 5.82. The van der Waals surface area contributed by atoms with Gasteiger partial charge in [0, 0.05) is 10.0 Å². The molecule has 0 unspecified atom stereocenters. The van der Waals surface area contributed by atoms with Crippen LogP contribution in [0.2, 0.25) is 0 Å². The van der Waals surface area contributed by atoms with Gasteiger partial charge in [-0.1, -0.05) is 35.0 Å². The van der Waals surface area contributed by atoms with E-state index in [1.807, 2.05) is 31.2 Å². The summed E-state index contributed by atoms with van der Waals surface area (Å²) in [4.78, 5) is 11.6. The van der Waals surface area contributed by atoms with Crippen LogP contribution in [0, 0.1) is 0 Å². The van der Waals surface area contributed by atoms with Crippen LogP contribution in [0.5, 0.6) is 0 Å². The third-order valence-corrected chi connectivity index (χ3v) is 2.90. The van der Waals surface area contributed by atoms with Gasteiger partial charge in [-0.2, -0.15) is 5.10 Å². The molecular formula is C13H13BrN2O2. The predicted octanol–water partition coefficient (Wildman–Crippen LogP) is 3.41. The molecule has 0 bridgehead atoms. The van der Waals surface area contributed by atoms with Crippen molar-refractivity contribution in [1.29, 1.82) is 0 Å². The number of esters is 1. The Morgan fingerprint density at radius 1 is 1.39 bits per heavy atom. The first-order valence-electron chi connectivity index (χ1n) is 5.69. The summed E-state index contributed by atoms with van der Waals surface area (Å²) in [6.45, 7) is 2.37. The van der Waals surface area contributed by atoms with Crippen LogP contribution in [0.1, 0.15) is 23.8 Å². The normalized spacial score (nSPS) is 10.3. The van der Waals surface area contributed by atoms with Crippen LogP contribution in [0.25, 0.3) is 11.3 Å². The smallest absolute Gasteiger partial charge is 0.356 e. The maximum Gasteiger partial charge on any atom is 0.356 e. The first-order chi connectivity index (χ1) is 8.70. The number of aromatic amines is 1. The van der Waals surface area contributed by atoms with Crippen molar-refractivity contribution in [1.82, 2.24) is 10.2 Å². The molecule has 1 heterocycles. The Hall–Kier alpha value is -1.62. The molecule has 2 rings (SSSR count). The molecule has 0 aliphatic carbocycles. The summed E-state index contributed by atoms with van der Waals surface area (Å²) in [7, 11) is 0. The molecule has 5 heteroatoms. The van der Waals surface area contributed by atoms with Crippen molar-refractivity contribution in [2.24, 2.45) is 0 Å². The molecule has 18 heavy (non-hydrogen) atoms. The number of ether oxygens (including phenoxy) is 1. The van der Waals surface area contributed by atoms with E-state index in [9.17, 15) is 4.79 Å². The number of H-pyrrole nitrogens is 1. The maximum absolute atomic E-state index is 11.6. The van der Waals surface area contributed by atoms with E-state index in [2.05, 4.69) is 26.1 Å². The van der Waals surface area contributed by atoms with Crippen LogP contribution in [0.3, 0.4) is 0 Å². The van der Waals surface area contributed by atoms with Gasteiger partial charge in [-0.05, 0) is 24.6 Å². The second-order valence-corrected chi connectivity index (χ2v) is 4.73. The highest BCUT2D eigenvalue weighted by Crippen LogP contribution is 2.20. The quantitative estimate of drug-likeness (QED) is 0.881.